The molecule has 2 aromatic rings. The zero-order chi connectivity index (χ0) is 14.5. The van der Waals surface area contributed by atoms with Crippen LogP contribution in [0.2, 0.25) is 0 Å². The first-order chi connectivity index (χ1) is 10.4. The van der Waals surface area contributed by atoms with Crippen LogP contribution in [-0.2, 0) is 13.0 Å². The molecule has 3 rings (SSSR count). The van der Waals surface area contributed by atoms with Crippen LogP contribution in [0.15, 0.2) is 35.7 Å². The third kappa shape index (κ3) is 3.47. The summed E-state index contributed by atoms with van der Waals surface area (Å²) in [6.45, 7) is 3.99. The predicted molar refractivity (Wildman–Crippen MR) is 89.1 cm³/mol. The van der Waals surface area contributed by atoms with E-state index in [1.807, 2.05) is 0 Å². The first kappa shape index (κ1) is 14.6. The zero-order valence-electron chi connectivity index (χ0n) is 12.6. The van der Waals surface area contributed by atoms with Crippen molar-refractivity contribution in [2.75, 3.05) is 6.54 Å². The van der Waals surface area contributed by atoms with Crippen molar-refractivity contribution in [1.82, 2.24) is 5.32 Å². The van der Waals surface area contributed by atoms with Gasteiger partial charge in [-0.05, 0) is 60.9 Å². The van der Waals surface area contributed by atoms with Crippen LogP contribution in [0.4, 0.5) is 0 Å². The normalized spacial score (nSPS) is 17.5. The summed E-state index contributed by atoms with van der Waals surface area (Å²) < 4.78 is 6.08. The maximum absolute atomic E-state index is 6.08. The first-order valence-corrected chi connectivity index (χ1v) is 8.77. The van der Waals surface area contributed by atoms with E-state index in [-0.39, 0.29) is 0 Å². The second-order valence-corrected chi connectivity index (χ2v) is 6.62. The Morgan fingerprint density at radius 1 is 1.29 bits per heavy atom. The van der Waals surface area contributed by atoms with Gasteiger partial charge in [0.05, 0.1) is 0 Å². The Bertz CT molecular complexity index is 565. The molecule has 0 saturated carbocycles. The molecule has 0 spiro atoms. The lowest BCUT2D eigenvalue weighted by Gasteiger charge is -2.28. The molecule has 0 aliphatic heterocycles. The van der Waals surface area contributed by atoms with Gasteiger partial charge in [0.15, 0.2) is 0 Å². The van der Waals surface area contributed by atoms with Crippen molar-refractivity contribution >= 4 is 11.3 Å². The molecule has 1 aliphatic rings. The molecule has 112 valence electrons. The SMILES string of the molecule is CCCNC1CCCc2c(OCc3cccs3)cccc21. The number of ether oxygens (including phenoxy) is 1. The van der Waals surface area contributed by atoms with Gasteiger partial charge in [0.2, 0.25) is 0 Å². The van der Waals surface area contributed by atoms with Gasteiger partial charge >= 0.3 is 0 Å². The van der Waals surface area contributed by atoms with E-state index in [0.717, 1.165) is 18.7 Å². The summed E-state index contributed by atoms with van der Waals surface area (Å²) in [6.07, 6.45) is 4.80. The Hall–Kier alpha value is -1.32. The molecule has 0 bridgehead atoms. The number of nitrogens with one attached hydrogen (secondary N) is 1. The van der Waals surface area contributed by atoms with E-state index in [2.05, 4.69) is 48.0 Å². The standard InChI is InChI=1S/C18H23NOS/c1-2-11-19-17-9-3-8-16-15(17)7-4-10-18(16)20-13-14-6-5-12-21-14/h4-7,10,12,17,19H,2-3,8-9,11,13H2,1H3. The van der Waals surface area contributed by atoms with Gasteiger partial charge in [-0.25, -0.2) is 0 Å². The second-order valence-electron chi connectivity index (χ2n) is 5.59. The van der Waals surface area contributed by atoms with Gasteiger partial charge in [-0.2, -0.15) is 0 Å². The maximum Gasteiger partial charge on any atom is 0.123 e. The van der Waals surface area contributed by atoms with Gasteiger partial charge in [0, 0.05) is 10.9 Å². The smallest absolute Gasteiger partial charge is 0.123 e. The Morgan fingerprint density at radius 2 is 2.24 bits per heavy atom. The highest BCUT2D eigenvalue weighted by molar-refractivity contribution is 7.09. The summed E-state index contributed by atoms with van der Waals surface area (Å²) in [7, 11) is 0. The Balaban J connectivity index is 1.76. The van der Waals surface area contributed by atoms with Gasteiger partial charge in [0.1, 0.15) is 12.4 Å². The maximum atomic E-state index is 6.08. The van der Waals surface area contributed by atoms with E-state index in [1.165, 1.54) is 35.3 Å². The molecule has 1 aromatic heterocycles. The number of thiophene rings is 1. The van der Waals surface area contributed by atoms with Crippen molar-refractivity contribution in [2.45, 2.75) is 45.3 Å². The third-order valence-electron chi connectivity index (χ3n) is 4.06. The predicted octanol–water partition coefficient (Wildman–Crippen LogP) is 4.70. The van der Waals surface area contributed by atoms with Crippen molar-refractivity contribution in [3.63, 3.8) is 0 Å². The van der Waals surface area contributed by atoms with Crippen LogP contribution in [0.5, 0.6) is 5.75 Å². The molecular formula is C18H23NOS. The molecule has 0 fully saturated rings. The molecule has 3 heteroatoms. The highest BCUT2D eigenvalue weighted by Crippen LogP contribution is 2.35. The monoisotopic (exact) mass is 301 g/mol. The van der Waals surface area contributed by atoms with Gasteiger partial charge in [-0.1, -0.05) is 25.1 Å². The molecule has 0 radical (unpaired) electrons. The molecule has 1 atom stereocenters. The van der Waals surface area contributed by atoms with Crippen molar-refractivity contribution < 1.29 is 4.74 Å². The molecule has 0 amide bonds. The van der Waals surface area contributed by atoms with Crippen LogP contribution in [0.1, 0.15) is 48.2 Å². The Kier molecular flexibility index (Phi) is 4.94. The van der Waals surface area contributed by atoms with Crippen molar-refractivity contribution in [3.8, 4) is 5.75 Å². The minimum atomic E-state index is 0.499. The Labute approximate surface area is 131 Å². The summed E-state index contributed by atoms with van der Waals surface area (Å²) in [5.74, 6) is 1.07. The molecule has 2 nitrogen and oxygen atoms in total. The number of hydrogen-bond acceptors (Lipinski definition) is 3. The molecule has 1 unspecified atom stereocenters. The average Bonchev–Trinajstić information content (AvgIpc) is 3.04. The lowest BCUT2D eigenvalue weighted by Crippen LogP contribution is -2.26. The van der Waals surface area contributed by atoms with Crippen molar-refractivity contribution in [3.05, 3.63) is 51.7 Å². The molecular weight excluding hydrogens is 278 g/mol. The number of benzene rings is 1. The molecule has 0 saturated heterocycles. The van der Waals surface area contributed by atoms with Crippen LogP contribution in [0.25, 0.3) is 0 Å². The fourth-order valence-electron chi connectivity index (χ4n) is 3.02. The molecule has 21 heavy (non-hydrogen) atoms. The summed E-state index contributed by atoms with van der Waals surface area (Å²) in [5, 5.41) is 5.77. The zero-order valence-corrected chi connectivity index (χ0v) is 13.4. The second kappa shape index (κ2) is 7.10. The minimum Gasteiger partial charge on any atom is -0.488 e. The van der Waals surface area contributed by atoms with Crippen LogP contribution in [-0.4, -0.2) is 6.54 Å². The lowest BCUT2D eigenvalue weighted by atomic mass is 9.87. The fourth-order valence-corrected chi connectivity index (χ4v) is 3.64. The van der Waals surface area contributed by atoms with E-state index in [1.54, 1.807) is 11.3 Å². The average molecular weight is 301 g/mol. The first-order valence-electron chi connectivity index (χ1n) is 7.89. The number of fused-ring (bicyclic) bond motifs is 1. The molecule has 1 aliphatic carbocycles. The summed E-state index contributed by atoms with van der Waals surface area (Å²) in [5.41, 5.74) is 2.85. The Morgan fingerprint density at radius 3 is 3.05 bits per heavy atom. The van der Waals surface area contributed by atoms with Crippen molar-refractivity contribution in [2.24, 2.45) is 0 Å². The van der Waals surface area contributed by atoms with E-state index in [0.29, 0.717) is 12.6 Å². The topological polar surface area (TPSA) is 21.3 Å². The summed E-state index contributed by atoms with van der Waals surface area (Å²) in [4.78, 5) is 1.28. The van der Waals surface area contributed by atoms with Crippen LogP contribution in [0, 0.1) is 0 Å². The molecule has 1 aromatic carbocycles. The van der Waals surface area contributed by atoms with Crippen LogP contribution >= 0.6 is 11.3 Å². The van der Waals surface area contributed by atoms with Gasteiger partial charge in [-0.3, -0.25) is 0 Å². The lowest BCUT2D eigenvalue weighted by molar-refractivity contribution is 0.303. The largest absolute Gasteiger partial charge is 0.488 e. The highest BCUT2D eigenvalue weighted by atomic mass is 32.1. The van der Waals surface area contributed by atoms with E-state index < -0.39 is 0 Å². The van der Waals surface area contributed by atoms with Crippen LogP contribution in [0.3, 0.4) is 0 Å². The van der Waals surface area contributed by atoms with E-state index in [4.69, 9.17) is 4.74 Å². The minimum absolute atomic E-state index is 0.499. The van der Waals surface area contributed by atoms with E-state index >= 15 is 0 Å². The van der Waals surface area contributed by atoms with E-state index in [9.17, 15) is 0 Å². The molecule has 1 N–H and O–H groups in total. The quantitative estimate of drug-likeness (QED) is 0.834. The molecule has 1 heterocycles. The third-order valence-corrected chi connectivity index (χ3v) is 4.90. The highest BCUT2D eigenvalue weighted by Gasteiger charge is 2.22. The summed E-state index contributed by atoms with van der Waals surface area (Å²) in [6, 6.07) is 11.2. The van der Waals surface area contributed by atoms with Crippen molar-refractivity contribution in [1.29, 1.82) is 0 Å². The fraction of sp³-hybridized carbons (Fsp3) is 0.444. The van der Waals surface area contributed by atoms with Gasteiger partial charge in [-0.15, -0.1) is 11.3 Å². The van der Waals surface area contributed by atoms with Crippen LogP contribution < -0.4 is 10.1 Å². The number of hydrogen-bond donors (Lipinski definition) is 1. The van der Waals surface area contributed by atoms with Gasteiger partial charge in [0.25, 0.3) is 0 Å². The summed E-state index contributed by atoms with van der Waals surface area (Å²) >= 11 is 1.75. The van der Waals surface area contributed by atoms with Gasteiger partial charge < -0.3 is 10.1 Å². The number of rotatable bonds is 6.